The third-order valence-corrected chi connectivity index (χ3v) is 7.34. The van der Waals surface area contributed by atoms with E-state index in [0.717, 1.165) is 6.07 Å². The number of pyridine rings is 1. The second-order valence-corrected chi connectivity index (χ2v) is 9.46. The molecule has 3 N–H and O–H groups in total. The molecule has 1 aromatic heterocycles. The smallest absolute Gasteiger partial charge is 0.240 e. The predicted octanol–water partition coefficient (Wildman–Crippen LogP) is 5.87. The Morgan fingerprint density at radius 3 is 2.13 bits per heavy atom. The number of carbonyl (C=O) groups is 2. The van der Waals surface area contributed by atoms with Crippen LogP contribution in [0.25, 0.3) is 10.9 Å². The van der Waals surface area contributed by atoms with Gasteiger partial charge in [-0.2, -0.15) is 0 Å². The number of carbonyl (C=O) groups excluding carboxylic acids is 2. The summed E-state index contributed by atoms with van der Waals surface area (Å²) in [5.41, 5.74) is -0.423. The SMILES string of the molecule is COc1cc2c(Oc3ccc(NC(=O)C4(C(=O)Nc5ccc(F)cc5)C(C)C4C)cc3F)ccnc2cc1O. The van der Waals surface area contributed by atoms with E-state index in [1.54, 1.807) is 19.9 Å². The molecule has 200 valence electrons. The third-order valence-electron chi connectivity index (χ3n) is 7.34. The number of fused-ring (bicyclic) bond motifs is 1. The van der Waals surface area contributed by atoms with E-state index in [4.69, 9.17) is 9.47 Å². The van der Waals surface area contributed by atoms with Crippen LogP contribution in [0.5, 0.6) is 23.0 Å². The Balaban J connectivity index is 1.35. The topological polar surface area (TPSA) is 110 Å². The van der Waals surface area contributed by atoms with E-state index < -0.39 is 28.9 Å². The van der Waals surface area contributed by atoms with Gasteiger partial charge in [-0.1, -0.05) is 13.8 Å². The van der Waals surface area contributed by atoms with Crippen LogP contribution in [0.4, 0.5) is 20.2 Å². The molecule has 0 aliphatic heterocycles. The molecule has 2 unspecified atom stereocenters. The van der Waals surface area contributed by atoms with Gasteiger partial charge < -0.3 is 25.2 Å². The molecule has 0 saturated heterocycles. The van der Waals surface area contributed by atoms with E-state index in [1.807, 2.05) is 0 Å². The molecule has 39 heavy (non-hydrogen) atoms. The number of nitrogens with one attached hydrogen (secondary N) is 2. The first kappa shape index (κ1) is 25.9. The summed E-state index contributed by atoms with van der Waals surface area (Å²) in [5.74, 6) is -2.51. The zero-order valence-corrected chi connectivity index (χ0v) is 21.3. The van der Waals surface area contributed by atoms with Crippen molar-refractivity contribution in [3.63, 3.8) is 0 Å². The molecule has 0 spiro atoms. The summed E-state index contributed by atoms with van der Waals surface area (Å²) in [6.45, 7) is 3.58. The number of methoxy groups -OCH3 is 1. The fourth-order valence-electron chi connectivity index (χ4n) is 4.88. The predicted molar refractivity (Wildman–Crippen MR) is 141 cm³/mol. The van der Waals surface area contributed by atoms with Gasteiger partial charge in [-0.25, -0.2) is 8.78 Å². The number of nitrogens with zero attached hydrogens (tertiary/aromatic N) is 1. The molecule has 8 nitrogen and oxygen atoms in total. The molecule has 1 heterocycles. The Kier molecular flexibility index (Phi) is 6.55. The first-order valence-electron chi connectivity index (χ1n) is 12.2. The fourth-order valence-corrected chi connectivity index (χ4v) is 4.88. The van der Waals surface area contributed by atoms with Crippen molar-refractivity contribution in [1.29, 1.82) is 0 Å². The minimum absolute atomic E-state index is 0.0932. The quantitative estimate of drug-likeness (QED) is 0.257. The molecule has 0 bridgehead atoms. The van der Waals surface area contributed by atoms with Gasteiger partial charge in [0.1, 0.15) is 17.0 Å². The van der Waals surface area contributed by atoms with Crippen molar-refractivity contribution >= 4 is 34.1 Å². The van der Waals surface area contributed by atoms with Crippen molar-refractivity contribution in [2.45, 2.75) is 13.8 Å². The lowest BCUT2D eigenvalue weighted by Gasteiger charge is -2.18. The lowest BCUT2D eigenvalue weighted by atomic mass is 9.99. The summed E-state index contributed by atoms with van der Waals surface area (Å²) in [6, 6.07) is 13.7. The summed E-state index contributed by atoms with van der Waals surface area (Å²) < 4.78 is 39.2. The second kappa shape index (κ2) is 9.86. The van der Waals surface area contributed by atoms with Crippen molar-refractivity contribution < 1.29 is 33.0 Å². The number of phenols is 1. The zero-order valence-electron chi connectivity index (χ0n) is 21.3. The van der Waals surface area contributed by atoms with E-state index in [-0.39, 0.29) is 40.5 Å². The van der Waals surface area contributed by atoms with Crippen molar-refractivity contribution in [3.8, 4) is 23.0 Å². The first-order valence-corrected chi connectivity index (χ1v) is 12.2. The van der Waals surface area contributed by atoms with Crippen molar-refractivity contribution in [3.05, 3.63) is 78.5 Å². The molecule has 1 fully saturated rings. The Labute approximate surface area is 222 Å². The molecule has 10 heteroatoms. The highest BCUT2D eigenvalue weighted by molar-refractivity contribution is 6.17. The number of rotatable bonds is 7. The number of aromatic hydroxyl groups is 1. The third kappa shape index (κ3) is 4.58. The van der Waals surface area contributed by atoms with Crippen LogP contribution in [-0.4, -0.2) is 29.0 Å². The molecule has 3 aromatic carbocycles. The maximum absolute atomic E-state index is 15.1. The highest BCUT2D eigenvalue weighted by atomic mass is 19.1. The van der Waals surface area contributed by atoms with Gasteiger partial charge in [-0.3, -0.25) is 14.6 Å². The van der Waals surface area contributed by atoms with Crippen LogP contribution in [0.2, 0.25) is 0 Å². The van der Waals surface area contributed by atoms with Crippen LogP contribution in [0.1, 0.15) is 13.8 Å². The van der Waals surface area contributed by atoms with Gasteiger partial charge in [0.25, 0.3) is 0 Å². The van der Waals surface area contributed by atoms with Gasteiger partial charge >= 0.3 is 0 Å². The molecule has 5 rings (SSSR count). The maximum atomic E-state index is 15.1. The number of hydrogen-bond acceptors (Lipinski definition) is 6. The van der Waals surface area contributed by atoms with Crippen LogP contribution in [0.15, 0.2) is 66.9 Å². The Morgan fingerprint density at radius 1 is 0.872 bits per heavy atom. The van der Waals surface area contributed by atoms with Gasteiger partial charge in [0, 0.05) is 35.1 Å². The summed E-state index contributed by atoms with van der Waals surface area (Å²) in [7, 11) is 1.41. The van der Waals surface area contributed by atoms with Crippen LogP contribution in [-0.2, 0) is 9.59 Å². The molecule has 2 atom stereocenters. The Bertz CT molecular complexity index is 1580. The van der Waals surface area contributed by atoms with E-state index in [1.165, 1.54) is 61.8 Å². The lowest BCUT2D eigenvalue weighted by Crippen LogP contribution is -2.38. The summed E-state index contributed by atoms with van der Waals surface area (Å²) >= 11 is 0. The minimum Gasteiger partial charge on any atom is -0.504 e. The number of aromatic nitrogens is 1. The van der Waals surface area contributed by atoms with Crippen LogP contribution in [0.3, 0.4) is 0 Å². The number of hydrogen-bond donors (Lipinski definition) is 3. The monoisotopic (exact) mass is 533 g/mol. The van der Waals surface area contributed by atoms with Gasteiger partial charge in [0.15, 0.2) is 23.1 Å². The number of anilines is 2. The average Bonchev–Trinajstić information content (AvgIpc) is 3.47. The van der Waals surface area contributed by atoms with Gasteiger partial charge in [0.05, 0.1) is 12.6 Å². The van der Waals surface area contributed by atoms with Crippen molar-refractivity contribution in [1.82, 2.24) is 4.98 Å². The van der Waals surface area contributed by atoms with Crippen molar-refractivity contribution in [2.75, 3.05) is 17.7 Å². The fraction of sp³-hybridized carbons (Fsp3) is 0.207. The normalized spacial score (nSPS) is 19.8. The summed E-state index contributed by atoms with van der Waals surface area (Å²) in [6.07, 6.45) is 1.46. The number of phenolic OH excluding ortho intramolecular Hbond substituents is 1. The molecule has 1 aliphatic carbocycles. The highest BCUT2D eigenvalue weighted by Gasteiger charge is 2.69. The van der Waals surface area contributed by atoms with Crippen LogP contribution < -0.4 is 20.1 Å². The molecule has 1 aliphatic rings. The Hall–Kier alpha value is -4.73. The highest BCUT2D eigenvalue weighted by Crippen LogP contribution is 2.59. The number of ether oxygens (including phenoxy) is 2. The summed E-state index contributed by atoms with van der Waals surface area (Å²) in [4.78, 5) is 30.6. The maximum Gasteiger partial charge on any atom is 0.240 e. The first-order chi connectivity index (χ1) is 18.6. The largest absolute Gasteiger partial charge is 0.504 e. The van der Waals surface area contributed by atoms with Crippen LogP contribution in [0, 0.1) is 28.9 Å². The Morgan fingerprint density at radius 2 is 1.51 bits per heavy atom. The molecule has 4 aromatic rings. The van der Waals surface area contributed by atoms with E-state index in [2.05, 4.69) is 15.6 Å². The van der Waals surface area contributed by atoms with E-state index in [9.17, 15) is 19.1 Å². The number of benzene rings is 3. The van der Waals surface area contributed by atoms with Crippen LogP contribution >= 0.6 is 0 Å². The van der Waals surface area contributed by atoms with Gasteiger partial charge in [-0.05, 0) is 60.4 Å². The lowest BCUT2D eigenvalue weighted by molar-refractivity contribution is -0.132. The molecule has 0 radical (unpaired) electrons. The molecular formula is C29H25F2N3O5. The average molecular weight is 534 g/mol. The van der Waals surface area contributed by atoms with E-state index in [0.29, 0.717) is 16.6 Å². The van der Waals surface area contributed by atoms with Crippen molar-refractivity contribution in [2.24, 2.45) is 17.3 Å². The molecule has 1 saturated carbocycles. The molecule has 2 amide bonds. The van der Waals surface area contributed by atoms with Gasteiger partial charge in [-0.15, -0.1) is 0 Å². The second-order valence-electron chi connectivity index (χ2n) is 9.46. The molecular weight excluding hydrogens is 508 g/mol. The van der Waals surface area contributed by atoms with E-state index >= 15 is 4.39 Å². The number of halogens is 2. The standard InChI is InChI=1S/C29H25F2N3O5/c1-15-16(2)29(15,27(36)33-18-6-4-17(30)5-7-18)28(37)34-19-8-9-25(21(31)12-19)39-24-10-11-32-22-14-23(35)26(38-3)13-20(22)24/h4-16,35H,1-3H3,(H,33,36)(H,34,37). The summed E-state index contributed by atoms with van der Waals surface area (Å²) in [5, 5.41) is 15.8. The minimum atomic E-state index is -1.36. The zero-order chi connectivity index (χ0) is 27.9. The van der Waals surface area contributed by atoms with Gasteiger partial charge in [0.2, 0.25) is 11.8 Å². The number of amides is 2.